The fourth-order valence-electron chi connectivity index (χ4n) is 1.94. The van der Waals surface area contributed by atoms with Crippen LogP contribution in [-0.4, -0.2) is 61.3 Å². The molecule has 0 spiro atoms. The molecule has 0 aliphatic carbocycles. The third-order valence-corrected chi connectivity index (χ3v) is 3.13. The second kappa shape index (κ2) is 12.6. The molecule has 1 amide bonds. The summed E-state index contributed by atoms with van der Waals surface area (Å²) in [4.78, 5) is 47.0. The van der Waals surface area contributed by atoms with Gasteiger partial charge in [-0.05, 0) is 27.7 Å². The average Bonchev–Trinajstić information content (AvgIpc) is 2.56. The molecule has 0 radical (unpaired) electrons. The number of nitrogens with zero attached hydrogens (tertiary/aromatic N) is 1. The van der Waals surface area contributed by atoms with Gasteiger partial charge in [0.05, 0.1) is 0 Å². The first-order valence-corrected chi connectivity index (χ1v) is 8.56. The Hall–Kier alpha value is -1.76. The van der Waals surface area contributed by atoms with Gasteiger partial charge in [-0.25, -0.2) is 4.79 Å². The van der Waals surface area contributed by atoms with E-state index in [4.69, 9.17) is 4.74 Å². The molecule has 25 heavy (non-hydrogen) atoms. The number of carbonyl (C=O) groups excluding carboxylic acids is 4. The van der Waals surface area contributed by atoms with Gasteiger partial charge in [0.1, 0.15) is 17.3 Å². The van der Waals surface area contributed by atoms with Crippen molar-refractivity contribution in [1.82, 2.24) is 4.90 Å². The van der Waals surface area contributed by atoms with Crippen LogP contribution in [0.4, 0.5) is 4.79 Å². The lowest BCUT2D eigenvalue weighted by Gasteiger charge is -2.35. The monoisotopic (exact) mass is 359 g/mol. The number of ketones is 2. The maximum atomic E-state index is 11.9. The highest BCUT2D eigenvalue weighted by molar-refractivity contribution is 6.31. The summed E-state index contributed by atoms with van der Waals surface area (Å²) < 4.78 is 9.74. The van der Waals surface area contributed by atoms with Crippen molar-refractivity contribution in [2.45, 2.75) is 54.1 Å². The maximum absolute atomic E-state index is 11.9. The Morgan fingerprint density at radius 2 is 1.72 bits per heavy atom. The Kier molecular flexibility index (Phi) is 12.8. The number of hydrogen-bond donors (Lipinski definition) is 0. The van der Waals surface area contributed by atoms with Crippen molar-refractivity contribution >= 4 is 23.9 Å². The quantitative estimate of drug-likeness (QED) is 0.437. The van der Waals surface area contributed by atoms with E-state index >= 15 is 0 Å². The first kappa shape index (κ1) is 25.5. The number of Topliss-reactive ketones (excluding diaryl/α,β-unsaturated/α-hetero) is 2. The van der Waals surface area contributed by atoms with E-state index in [1.807, 2.05) is 20.8 Å². The van der Waals surface area contributed by atoms with Gasteiger partial charge in [-0.15, -0.1) is 0 Å². The number of amides is 1. The lowest BCUT2D eigenvalue weighted by molar-refractivity contribution is -0.142. The van der Waals surface area contributed by atoms with Crippen molar-refractivity contribution in [3.8, 4) is 0 Å². The van der Waals surface area contributed by atoms with E-state index in [0.29, 0.717) is 0 Å². The van der Waals surface area contributed by atoms with E-state index in [1.54, 1.807) is 34.8 Å². The molecule has 0 aromatic heterocycles. The zero-order chi connectivity index (χ0) is 20.2. The third kappa shape index (κ3) is 9.96. The minimum Gasteiger partial charge on any atom is -0.444 e. The Bertz CT molecular complexity index is 439. The highest BCUT2D eigenvalue weighted by Gasteiger charge is 2.39. The van der Waals surface area contributed by atoms with Gasteiger partial charge in [0.15, 0.2) is 6.29 Å². The largest absolute Gasteiger partial charge is 0.444 e. The minimum atomic E-state index is -1.06. The number of likely N-dealkylation sites (tertiary alicyclic amines) is 1. The standard InChI is InChI=1S/C13H19NO5.C3H8O.C2H6/c1-8-5-14(12(18)19-13(2,3)4)6-9(11(8)17)10(16)7-15;1-3-4-2;1-2/h7-9H,5-6H2,1-4H3;3H2,1-2H3;1-2H3/t8-,9?;;/m1../s1. The molecule has 1 unspecified atom stereocenters. The van der Waals surface area contributed by atoms with Crippen LogP contribution in [0.15, 0.2) is 0 Å². The van der Waals surface area contributed by atoms with Gasteiger partial charge >= 0.3 is 6.09 Å². The number of carbonyl (C=O) groups is 4. The molecule has 0 aromatic carbocycles. The van der Waals surface area contributed by atoms with Gasteiger partial charge in [-0.3, -0.25) is 14.4 Å². The van der Waals surface area contributed by atoms with Crippen LogP contribution >= 0.6 is 0 Å². The van der Waals surface area contributed by atoms with Crippen molar-refractivity contribution in [2.75, 3.05) is 26.8 Å². The number of ether oxygens (including phenoxy) is 2. The number of piperidine rings is 1. The molecule has 1 aliphatic rings. The molecular weight excluding hydrogens is 326 g/mol. The molecular formula is C18H33NO6. The van der Waals surface area contributed by atoms with Crippen LogP contribution in [0.5, 0.6) is 0 Å². The van der Waals surface area contributed by atoms with Crippen LogP contribution in [-0.2, 0) is 23.9 Å². The first-order valence-electron chi connectivity index (χ1n) is 8.56. The SMILES string of the molecule is CC.CCOC.C[C@@H]1CN(C(=O)OC(C)(C)C)CC(C(=O)C=O)C1=O. The molecule has 1 aliphatic heterocycles. The molecule has 146 valence electrons. The van der Waals surface area contributed by atoms with Gasteiger partial charge in [-0.1, -0.05) is 20.8 Å². The van der Waals surface area contributed by atoms with Crippen LogP contribution < -0.4 is 0 Å². The van der Waals surface area contributed by atoms with E-state index in [9.17, 15) is 19.2 Å². The first-order chi connectivity index (χ1) is 11.6. The molecule has 0 saturated carbocycles. The van der Waals surface area contributed by atoms with E-state index in [2.05, 4.69) is 4.74 Å². The Balaban J connectivity index is 0. The molecule has 7 heteroatoms. The van der Waals surface area contributed by atoms with E-state index in [-0.39, 0.29) is 25.2 Å². The van der Waals surface area contributed by atoms with Crippen LogP contribution in [0, 0.1) is 11.8 Å². The number of rotatable bonds is 3. The van der Waals surface area contributed by atoms with Crippen molar-refractivity contribution in [2.24, 2.45) is 11.8 Å². The Labute approximate surface area is 151 Å². The summed E-state index contributed by atoms with van der Waals surface area (Å²) in [6.45, 7) is 13.7. The summed E-state index contributed by atoms with van der Waals surface area (Å²) in [6, 6.07) is 0. The van der Waals surface area contributed by atoms with Gasteiger partial charge in [0.25, 0.3) is 0 Å². The van der Waals surface area contributed by atoms with E-state index in [1.165, 1.54) is 4.90 Å². The lowest BCUT2D eigenvalue weighted by atomic mass is 9.86. The average molecular weight is 359 g/mol. The summed E-state index contributed by atoms with van der Waals surface area (Å²) in [5.74, 6) is -2.62. The molecule has 0 bridgehead atoms. The van der Waals surface area contributed by atoms with Crippen molar-refractivity contribution in [1.29, 1.82) is 0 Å². The molecule has 1 heterocycles. The summed E-state index contributed by atoms with van der Waals surface area (Å²) in [5.41, 5.74) is -0.647. The fourth-order valence-corrected chi connectivity index (χ4v) is 1.94. The smallest absolute Gasteiger partial charge is 0.410 e. The molecule has 1 rings (SSSR count). The van der Waals surface area contributed by atoms with Crippen molar-refractivity contribution < 1.29 is 28.7 Å². The summed E-state index contributed by atoms with van der Waals surface area (Å²) >= 11 is 0. The predicted molar refractivity (Wildman–Crippen MR) is 95.4 cm³/mol. The van der Waals surface area contributed by atoms with Crippen molar-refractivity contribution in [3.63, 3.8) is 0 Å². The minimum absolute atomic E-state index is 0.0876. The molecule has 0 N–H and O–H groups in total. The zero-order valence-electron chi connectivity index (χ0n) is 16.8. The lowest BCUT2D eigenvalue weighted by Crippen LogP contribution is -2.52. The summed E-state index contributed by atoms with van der Waals surface area (Å²) in [5, 5.41) is 0. The molecule has 1 fully saturated rings. The van der Waals surface area contributed by atoms with Gasteiger partial charge < -0.3 is 14.4 Å². The predicted octanol–water partition coefficient (Wildman–Crippen LogP) is 2.51. The van der Waals surface area contributed by atoms with Gasteiger partial charge in [0, 0.05) is 32.7 Å². The Morgan fingerprint density at radius 1 is 1.24 bits per heavy atom. The third-order valence-electron chi connectivity index (χ3n) is 3.13. The topological polar surface area (TPSA) is 90.0 Å². The summed E-state index contributed by atoms with van der Waals surface area (Å²) in [7, 11) is 1.68. The summed E-state index contributed by atoms with van der Waals surface area (Å²) in [6.07, 6.45) is -0.441. The second-order valence-corrected chi connectivity index (χ2v) is 6.34. The van der Waals surface area contributed by atoms with Crippen molar-refractivity contribution in [3.05, 3.63) is 0 Å². The maximum Gasteiger partial charge on any atom is 0.410 e. The van der Waals surface area contributed by atoms with E-state index in [0.717, 1.165) is 6.61 Å². The van der Waals surface area contributed by atoms with Crippen LogP contribution in [0.1, 0.15) is 48.5 Å². The van der Waals surface area contributed by atoms with Gasteiger partial charge in [0.2, 0.25) is 5.78 Å². The van der Waals surface area contributed by atoms with Crippen LogP contribution in [0.3, 0.4) is 0 Å². The van der Waals surface area contributed by atoms with Gasteiger partial charge in [-0.2, -0.15) is 0 Å². The van der Waals surface area contributed by atoms with E-state index < -0.39 is 29.3 Å². The van der Waals surface area contributed by atoms with Crippen LogP contribution in [0.2, 0.25) is 0 Å². The molecule has 7 nitrogen and oxygen atoms in total. The molecule has 0 aromatic rings. The highest BCUT2D eigenvalue weighted by atomic mass is 16.6. The molecule has 1 saturated heterocycles. The number of hydrogen-bond acceptors (Lipinski definition) is 6. The second-order valence-electron chi connectivity index (χ2n) is 6.34. The van der Waals surface area contributed by atoms with Crippen LogP contribution in [0.25, 0.3) is 0 Å². The molecule has 2 atom stereocenters. The normalized spacial score (nSPS) is 19.7. The fraction of sp³-hybridized carbons (Fsp3) is 0.778. The highest BCUT2D eigenvalue weighted by Crippen LogP contribution is 2.21. The zero-order valence-corrected chi connectivity index (χ0v) is 16.8. The number of aldehydes is 1. The Morgan fingerprint density at radius 3 is 2.08 bits per heavy atom. The number of methoxy groups -OCH3 is 1.